The number of nitrogens with one attached hydrogen (secondary N) is 1. The molecule has 1 N–H and O–H groups in total. The van der Waals surface area contributed by atoms with Gasteiger partial charge in [-0.25, -0.2) is 9.37 Å². The van der Waals surface area contributed by atoms with Crippen LogP contribution in [0.15, 0.2) is 36.4 Å². The van der Waals surface area contributed by atoms with Crippen molar-refractivity contribution >= 4 is 40.1 Å². The van der Waals surface area contributed by atoms with Gasteiger partial charge in [-0.2, -0.15) is 0 Å². The molecule has 1 aromatic heterocycles. The van der Waals surface area contributed by atoms with E-state index in [0.29, 0.717) is 39.9 Å². The molecule has 2 fully saturated rings. The van der Waals surface area contributed by atoms with Crippen molar-refractivity contribution in [2.75, 3.05) is 6.61 Å². The van der Waals surface area contributed by atoms with Gasteiger partial charge in [-0.15, -0.1) is 0 Å². The molecule has 0 saturated heterocycles. The van der Waals surface area contributed by atoms with Crippen molar-refractivity contribution in [3.05, 3.63) is 58.1 Å². The van der Waals surface area contributed by atoms with Gasteiger partial charge in [0.1, 0.15) is 23.4 Å². The number of aromatic nitrogens is 2. The largest absolute Gasteiger partial charge is 0.492 e. The van der Waals surface area contributed by atoms with E-state index in [1.807, 2.05) is 4.57 Å². The molecule has 1 heterocycles. The number of benzene rings is 2. The Bertz CT molecular complexity index is 1240. The fourth-order valence-corrected chi connectivity index (χ4v) is 6.44. The second kappa shape index (κ2) is 12.0. The summed E-state index contributed by atoms with van der Waals surface area (Å²) >= 11 is 12.3. The van der Waals surface area contributed by atoms with Crippen LogP contribution in [0.4, 0.5) is 4.39 Å². The Hall–Kier alpha value is -2.31. The Morgan fingerprint density at radius 2 is 1.76 bits per heavy atom. The third-order valence-corrected chi connectivity index (χ3v) is 8.33. The van der Waals surface area contributed by atoms with E-state index >= 15 is 0 Å². The predicted molar refractivity (Wildman–Crippen MR) is 146 cm³/mol. The molecule has 1 atom stereocenters. The lowest BCUT2D eigenvalue weighted by Crippen LogP contribution is -2.44. The molecule has 0 aliphatic heterocycles. The molecule has 2 saturated carbocycles. The number of nitrogens with zero attached hydrogens (tertiary/aromatic N) is 2. The highest BCUT2D eigenvalue weighted by Crippen LogP contribution is 2.37. The van der Waals surface area contributed by atoms with Crippen molar-refractivity contribution in [1.29, 1.82) is 0 Å². The fourth-order valence-electron chi connectivity index (χ4n) is 5.97. The van der Waals surface area contributed by atoms with Gasteiger partial charge in [0.2, 0.25) is 5.91 Å². The van der Waals surface area contributed by atoms with Gasteiger partial charge >= 0.3 is 0 Å². The molecular formula is C29H34Cl2FN3O2. The lowest BCUT2D eigenvalue weighted by atomic mass is 9.82. The smallest absolute Gasteiger partial charge is 0.243 e. The van der Waals surface area contributed by atoms with Crippen molar-refractivity contribution in [2.45, 2.75) is 82.7 Å². The van der Waals surface area contributed by atoms with Crippen molar-refractivity contribution in [1.82, 2.24) is 14.9 Å². The van der Waals surface area contributed by atoms with Crippen LogP contribution in [0.25, 0.3) is 11.0 Å². The first kappa shape index (κ1) is 26.3. The Labute approximate surface area is 227 Å². The molecule has 2 aliphatic rings. The van der Waals surface area contributed by atoms with Crippen molar-refractivity contribution in [3.63, 3.8) is 0 Å². The zero-order valence-corrected chi connectivity index (χ0v) is 22.5. The summed E-state index contributed by atoms with van der Waals surface area (Å²) in [6.07, 6.45) is 11.4. The van der Waals surface area contributed by atoms with E-state index in [1.54, 1.807) is 24.3 Å². The van der Waals surface area contributed by atoms with Gasteiger partial charge in [0.25, 0.3) is 0 Å². The normalized spacial score (nSPS) is 18.1. The summed E-state index contributed by atoms with van der Waals surface area (Å²) in [4.78, 5) is 18.8. The van der Waals surface area contributed by atoms with E-state index in [1.165, 1.54) is 25.0 Å². The van der Waals surface area contributed by atoms with Gasteiger partial charge in [0.15, 0.2) is 0 Å². The average Bonchev–Trinajstić information content (AvgIpc) is 3.24. The summed E-state index contributed by atoms with van der Waals surface area (Å²) < 4.78 is 22.4. The number of imidazole rings is 1. The van der Waals surface area contributed by atoms with Crippen LogP contribution >= 0.6 is 23.2 Å². The molecule has 8 heteroatoms. The zero-order chi connectivity index (χ0) is 25.8. The predicted octanol–water partition coefficient (Wildman–Crippen LogP) is 7.67. The number of halogens is 3. The number of carbonyl (C=O) groups is 1. The van der Waals surface area contributed by atoms with E-state index in [9.17, 15) is 9.18 Å². The van der Waals surface area contributed by atoms with Crippen LogP contribution in [0.2, 0.25) is 10.0 Å². The van der Waals surface area contributed by atoms with Crippen molar-refractivity contribution in [2.24, 2.45) is 5.92 Å². The third-order valence-electron chi connectivity index (χ3n) is 7.80. The molecule has 1 unspecified atom stereocenters. The summed E-state index contributed by atoms with van der Waals surface area (Å²) in [5.74, 6) is 1.15. The number of fused-ring (bicyclic) bond motifs is 1. The molecule has 1 amide bonds. The maximum atomic E-state index is 14.5. The zero-order valence-electron chi connectivity index (χ0n) is 21.0. The average molecular weight is 547 g/mol. The van der Waals surface area contributed by atoms with Crippen LogP contribution in [0.1, 0.15) is 76.1 Å². The minimum absolute atomic E-state index is 0.0327. The van der Waals surface area contributed by atoms with Gasteiger partial charge in [-0.1, -0.05) is 61.7 Å². The monoisotopic (exact) mass is 545 g/mol. The number of rotatable bonds is 8. The Balaban J connectivity index is 1.47. The van der Waals surface area contributed by atoms with Gasteiger partial charge < -0.3 is 14.6 Å². The maximum Gasteiger partial charge on any atom is 0.243 e. The van der Waals surface area contributed by atoms with Crippen LogP contribution in [0.3, 0.4) is 0 Å². The van der Waals surface area contributed by atoms with E-state index in [4.69, 9.17) is 32.9 Å². The summed E-state index contributed by atoms with van der Waals surface area (Å²) in [5.41, 5.74) is 1.35. The second-order valence-electron chi connectivity index (χ2n) is 10.4. The Kier molecular flexibility index (Phi) is 8.56. The van der Waals surface area contributed by atoms with Crippen LogP contribution in [0.5, 0.6) is 5.75 Å². The van der Waals surface area contributed by atoms with Crippen LogP contribution < -0.4 is 10.1 Å². The van der Waals surface area contributed by atoms with Crippen molar-refractivity contribution < 1.29 is 13.9 Å². The van der Waals surface area contributed by atoms with Gasteiger partial charge in [-0.05, 0) is 68.0 Å². The fraction of sp³-hybridized carbons (Fsp3) is 0.517. The number of hydrogen-bond acceptors (Lipinski definition) is 3. The van der Waals surface area contributed by atoms with Gasteiger partial charge in [0.05, 0.1) is 22.7 Å². The first-order chi connectivity index (χ1) is 18.0. The van der Waals surface area contributed by atoms with Gasteiger partial charge in [0, 0.05) is 17.5 Å². The maximum absolute atomic E-state index is 14.5. The number of ether oxygens (including phenoxy) is 1. The van der Waals surface area contributed by atoms with E-state index < -0.39 is 6.04 Å². The topological polar surface area (TPSA) is 56.2 Å². The number of hydrogen-bond donors (Lipinski definition) is 1. The minimum Gasteiger partial charge on any atom is -0.492 e. The summed E-state index contributed by atoms with van der Waals surface area (Å²) in [5, 5.41) is 4.35. The molecule has 5 rings (SSSR count). The lowest BCUT2D eigenvalue weighted by Gasteiger charge is -2.33. The lowest BCUT2D eigenvalue weighted by molar-refractivity contribution is -0.127. The summed E-state index contributed by atoms with van der Waals surface area (Å²) in [7, 11) is 0. The molecule has 37 heavy (non-hydrogen) atoms. The van der Waals surface area contributed by atoms with Crippen molar-refractivity contribution in [3.8, 4) is 5.75 Å². The van der Waals surface area contributed by atoms with E-state index in [-0.39, 0.29) is 23.7 Å². The van der Waals surface area contributed by atoms with Crippen LogP contribution in [0, 0.1) is 11.7 Å². The highest BCUT2D eigenvalue weighted by atomic mass is 35.5. The highest BCUT2D eigenvalue weighted by Gasteiger charge is 2.35. The molecule has 0 radical (unpaired) electrons. The quantitative estimate of drug-likeness (QED) is 0.315. The third kappa shape index (κ3) is 6.23. The first-order valence-corrected chi connectivity index (χ1v) is 14.3. The summed E-state index contributed by atoms with van der Waals surface area (Å²) in [6, 6.07) is 9.52. The first-order valence-electron chi connectivity index (χ1n) is 13.5. The second-order valence-corrected chi connectivity index (χ2v) is 11.2. The van der Waals surface area contributed by atoms with E-state index in [0.717, 1.165) is 57.2 Å². The molecule has 198 valence electrons. The SMILES string of the molecule is O=C(NC1CCCCC1)C(C1CCCCC1)n1c(CCOc2ccc(Cl)cc2Cl)nc2ccc(F)cc21. The minimum atomic E-state index is -0.428. The van der Waals surface area contributed by atoms with Crippen LogP contribution in [-0.2, 0) is 11.2 Å². The molecule has 0 spiro atoms. The van der Waals surface area contributed by atoms with Gasteiger partial charge in [-0.3, -0.25) is 4.79 Å². The number of amides is 1. The molecule has 3 aromatic rings. The molecular weight excluding hydrogens is 512 g/mol. The molecule has 5 nitrogen and oxygen atoms in total. The van der Waals surface area contributed by atoms with E-state index in [2.05, 4.69) is 5.32 Å². The highest BCUT2D eigenvalue weighted by molar-refractivity contribution is 6.35. The summed E-state index contributed by atoms with van der Waals surface area (Å²) in [6.45, 7) is 0.314. The number of carbonyl (C=O) groups excluding carboxylic acids is 1. The molecule has 2 aliphatic carbocycles. The Morgan fingerprint density at radius 3 is 2.49 bits per heavy atom. The standard InChI is InChI=1S/C29H34Cl2FN3O2/c30-20-11-14-26(23(31)17-20)37-16-15-27-34-24-13-12-21(32)18-25(24)35(27)28(19-7-3-1-4-8-19)29(36)33-22-9-5-2-6-10-22/h11-14,17-19,22,28H,1-10,15-16H2,(H,33,36). The van der Waals surface area contributed by atoms with Crippen LogP contribution in [-0.4, -0.2) is 28.1 Å². The molecule has 0 bridgehead atoms. The Morgan fingerprint density at radius 1 is 1.03 bits per heavy atom. The molecule has 2 aromatic carbocycles.